The summed E-state index contributed by atoms with van der Waals surface area (Å²) in [7, 11) is 0. The zero-order valence-corrected chi connectivity index (χ0v) is 12.5. The van der Waals surface area contributed by atoms with Crippen LogP contribution in [0, 0.1) is 22.7 Å². The van der Waals surface area contributed by atoms with E-state index in [1.54, 1.807) is 0 Å². The Morgan fingerprint density at radius 2 is 1.35 bits per heavy atom. The Balaban J connectivity index is 1.90. The van der Waals surface area contributed by atoms with Crippen LogP contribution >= 0.6 is 0 Å². The monoisotopic (exact) mass is 271 g/mol. The minimum Gasteiger partial charge on any atom is -0.278 e. The molecule has 3 heteroatoms. The molecule has 0 N–H and O–H groups in total. The Hall–Kier alpha value is -1.64. The van der Waals surface area contributed by atoms with E-state index >= 15 is 0 Å². The predicted octanol–water partition coefficient (Wildman–Crippen LogP) is 2.85. The highest BCUT2D eigenvalue weighted by Gasteiger charge is 2.72. The van der Waals surface area contributed by atoms with E-state index in [-0.39, 0.29) is 34.5 Å². The SMILES string of the molecule is CC1(C)C2C(=O)N(Cc3ccccc3)C(=O)C2C1(C)C. The lowest BCUT2D eigenvalue weighted by atomic mass is 9.41. The summed E-state index contributed by atoms with van der Waals surface area (Å²) in [4.78, 5) is 26.6. The summed E-state index contributed by atoms with van der Waals surface area (Å²) < 4.78 is 0. The summed E-state index contributed by atoms with van der Waals surface area (Å²) in [5.74, 6) is -0.274. The van der Waals surface area contributed by atoms with Crippen LogP contribution in [-0.2, 0) is 16.1 Å². The van der Waals surface area contributed by atoms with Gasteiger partial charge in [-0.25, -0.2) is 0 Å². The summed E-state index contributed by atoms with van der Waals surface area (Å²) in [5.41, 5.74) is 0.775. The summed E-state index contributed by atoms with van der Waals surface area (Å²) >= 11 is 0. The van der Waals surface area contributed by atoms with Crippen LogP contribution in [0.5, 0.6) is 0 Å². The van der Waals surface area contributed by atoms with Gasteiger partial charge in [0, 0.05) is 0 Å². The van der Waals surface area contributed by atoms with Gasteiger partial charge >= 0.3 is 0 Å². The minimum atomic E-state index is -0.145. The number of likely N-dealkylation sites (tertiary alicyclic amines) is 1. The molecule has 3 nitrogen and oxygen atoms in total. The molecule has 2 fully saturated rings. The van der Waals surface area contributed by atoms with Gasteiger partial charge in [-0.15, -0.1) is 0 Å². The number of carbonyl (C=O) groups excluding carboxylic acids is 2. The second kappa shape index (κ2) is 3.94. The van der Waals surface area contributed by atoms with E-state index < -0.39 is 0 Å². The van der Waals surface area contributed by atoms with E-state index in [9.17, 15) is 9.59 Å². The highest BCUT2D eigenvalue weighted by atomic mass is 16.2. The fourth-order valence-corrected chi connectivity index (χ4v) is 3.81. The van der Waals surface area contributed by atoms with Crippen LogP contribution in [0.15, 0.2) is 30.3 Å². The third kappa shape index (κ3) is 1.46. The maximum absolute atomic E-state index is 12.6. The lowest BCUT2D eigenvalue weighted by Gasteiger charge is -2.59. The molecule has 1 heterocycles. The third-order valence-electron chi connectivity index (χ3n) is 5.80. The number of nitrogens with zero attached hydrogens (tertiary/aromatic N) is 1. The Morgan fingerprint density at radius 1 is 0.900 bits per heavy atom. The number of imide groups is 1. The molecule has 2 amide bonds. The average molecular weight is 271 g/mol. The predicted molar refractivity (Wildman–Crippen MR) is 76.5 cm³/mol. The molecule has 2 atom stereocenters. The molecule has 0 spiro atoms. The van der Waals surface area contributed by atoms with Crippen LogP contribution in [-0.4, -0.2) is 16.7 Å². The normalized spacial score (nSPS) is 30.1. The summed E-state index contributed by atoms with van der Waals surface area (Å²) in [6.45, 7) is 8.81. The van der Waals surface area contributed by atoms with Crippen molar-refractivity contribution in [1.29, 1.82) is 0 Å². The van der Waals surface area contributed by atoms with Crippen molar-refractivity contribution in [2.45, 2.75) is 34.2 Å². The average Bonchev–Trinajstić information content (AvgIpc) is 2.64. The van der Waals surface area contributed by atoms with Crippen LogP contribution in [0.3, 0.4) is 0 Å². The van der Waals surface area contributed by atoms with E-state index in [0.717, 1.165) is 5.56 Å². The molecule has 1 aromatic carbocycles. The largest absolute Gasteiger partial charge is 0.278 e. The fraction of sp³-hybridized carbons (Fsp3) is 0.529. The van der Waals surface area contributed by atoms with Crippen molar-refractivity contribution in [2.75, 3.05) is 0 Å². The highest BCUT2D eigenvalue weighted by Crippen LogP contribution is 2.67. The molecule has 1 saturated heterocycles. The van der Waals surface area contributed by atoms with E-state index in [1.807, 2.05) is 30.3 Å². The van der Waals surface area contributed by atoms with Crippen LogP contribution in [0.1, 0.15) is 33.3 Å². The molecule has 2 aliphatic rings. The molecule has 1 saturated carbocycles. The van der Waals surface area contributed by atoms with Crippen LogP contribution in [0.4, 0.5) is 0 Å². The molecule has 2 unspecified atom stereocenters. The number of hydrogen-bond donors (Lipinski definition) is 0. The third-order valence-corrected chi connectivity index (χ3v) is 5.80. The number of benzene rings is 1. The number of amides is 2. The molecule has 20 heavy (non-hydrogen) atoms. The Kier molecular flexibility index (Phi) is 2.63. The van der Waals surface area contributed by atoms with E-state index in [0.29, 0.717) is 6.54 Å². The topological polar surface area (TPSA) is 37.4 Å². The molecule has 0 radical (unpaired) electrons. The molecule has 3 rings (SSSR count). The van der Waals surface area contributed by atoms with Crippen molar-refractivity contribution in [3.05, 3.63) is 35.9 Å². The van der Waals surface area contributed by atoms with Gasteiger partial charge in [-0.1, -0.05) is 58.0 Å². The van der Waals surface area contributed by atoms with Gasteiger partial charge in [-0.2, -0.15) is 0 Å². The van der Waals surface area contributed by atoms with E-state index in [2.05, 4.69) is 27.7 Å². The maximum Gasteiger partial charge on any atom is 0.233 e. The molecular formula is C17H21NO2. The summed E-state index contributed by atoms with van der Waals surface area (Å²) in [5, 5.41) is 0. The molecule has 1 aliphatic heterocycles. The second-order valence-electron chi connectivity index (χ2n) is 7.15. The van der Waals surface area contributed by atoms with Gasteiger partial charge in [0.25, 0.3) is 0 Å². The van der Waals surface area contributed by atoms with Crippen molar-refractivity contribution in [3.63, 3.8) is 0 Å². The van der Waals surface area contributed by atoms with Gasteiger partial charge < -0.3 is 0 Å². The molecule has 1 aromatic rings. The van der Waals surface area contributed by atoms with Crippen molar-refractivity contribution < 1.29 is 9.59 Å². The van der Waals surface area contributed by atoms with Gasteiger partial charge in [-0.05, 0) is 16.4 Å². The van der Waals surface area contributed by atoms with Crippen molar-refractivity contribution in [2.24, 2.45) is 22.7 Å². The smallest absolute Gasteiger partial charge is 0.233 e. The minimum absolute atomic E-state index is 0.00757. The van der Waals surface area contributed by atoms with Crippen LogP contribution in [0.25, 0.3) is 0 Å². The first-order valence-electron chi connectivity index (χ1n) is 7.17. The first-order valence-corrected chi connectivity index (χ1v) is 7.17. The van der Waals surface area contributed by atoms with E-state index in [4.69, 9.17) is 0 Å². The van der Waals surface area contributed by atoms with Crippen molar-refractivity contribution in [1.82, 2.24) is 4.90 Å². The van der Waals surface area contributed by atoms with Crippen LogP contribution < -0.4 is 0 Å². The first-order chi connectivity index (χ1) is 9.28. The van der Waals surface area contributed by atoms with Gasteiger partial charge in [0.1, 0.15) is 0 Å². The fourth-order valence-electron chi connectivity index (χ4n) is 3.81. The van der Waals surface area contributed by atoms with Gasteiger partial charge in [0.2, 0.25) is 11.8 Å². The Morgan fingerprint density at radius 3 is 1.80 bits per heavy atom. The first kappa shape index (κ1) is 13.3. The maximum atomic E-state index is 12.6. The zero-order valence-electron chi connectivity index (χ0n) is 12.5. The highest BCUT2D eigenvalue weighted by molar-refractivity contribution is 6.07. The van der Waals surface area contributed by atoms with Crippen LogP contribution in [0.2, 0.25) is 0 Å². The number of hydrogen-bond acceptors (Lipinski definition) is 2. The molecule has 0 bridgehead atoms. The number of rotatable bonds is 2. The van der Waals surface area contributed by atoms with Crippen molar-refractivity contribution in [3.8, 4) is 0 Å². The molecular weight excluding hydrogens is 250 g/mol. The van der Waals surface area contributed by atoms with Gasteiger partial charge in [-0.3, -0.25) is 14.5 Å². The lowest BCUT2D eigenvalue weighted by Crippen LogP contribution is -2.61. The van der Waals surface area contributed by atoms with Gasteiger partial charge in [0.05, 0.1) is 18.4 Å². The summed E-state index contributed by atoms with van der Waals surface area (Å²) in [6, 6.07) is 9.72. The van der Waals surface area contributed by atoms with E-state index in [1.165, 1.54) is 4.90 Å². The molecule has 106 valence electrons. The second-order valence-corrected chi connectivity index (χ2v) is 7.15. The lowest BCUT2D eigenvalue weighted by molar-refractivity contribution is -0.172. The zero-order chi connectivity index (χ0) is 14.7. The molecule has 1 aliphatic carbocycles. The Bertz CT molecular complexity index is 542. The standard InChI is InChI=1S/C17H21NO2/c1-16(2)12-13(17(16,3)4)15(20)18(14(12)19)10-11-8-6-5-7-9-11/h5-9,12-13H,10H2,1-4H3. The van der Waals surface area contributed by atoms with Crippen molar-refractivity contribution >= 4 is 11.8 Å². The quantitative estimate of drug-likeness (QED) is 0.776. The Labute approximate surface area is 120 Å². The number of fused-ring (bicyclic) bond motifs is 1. The molecule has 0 aromatic heterocycles. The summed E-state index contributed by atoms with van der Waals surface area (Å²) in [6.07, 6.45) is 0. The number of carbonyl (C=O) groups is 2. The van der Waals surface area contributed by atoms with Gasteiger partial charge in [0.15, 0.2) is 0 Å².